The van der Waals surface area contributed by atoms with E-state index in [1.54, 1.807) is 11.1 Å². The number of amides is 1. The van der Waals surface area contributed by atoms with Crippen molar-refractivity contribution in [1.82, 2.24) is 4.98 Å². The fourth-order valence-corrected chi connectivity index (χ4v) is 4.23. The van der Waals surface area contributed by atoms with Crippen LogP contribution in [0.3, 0.4) is 0 Å². The first-order valence-electron chi connectivity index (χ1n) is 11.6. The third kappa shape index (κ3) is 6.13. The summed E-state index contributed by atoms with van der Waals surface area (Å²) in [6, 6.07) is 21.3. The number of fused-ring (bicyclic) bond motifs is 1. The molecule has 7 nitrogen and oxygen atoms in total. The summed E-state index contributed by atoms with van der Waals surface area (Å²) in [7, 11) is 0. The summed E-state index contributed by atoms with van der Waals surface area (Å²) >= 11 is 0. The van der Waals surface area contributed by atoms with Crippen LogP contribution in [0, 0.1) is 0 Å². The van der Waals surface area contributed by atoms with E-state index in [9.17, 15) is 14.7 Å². The zero-order valence-corrected chi connectivity index (χ0v) is 19.0. The molecule has 0 saturated carbocycles. The van der Waals surface area contributed by atoms with Gasteiger partial charge in [0.15, 0.2) is 6.61 Å². The van der Waals surface area contributed by atoms with Gasteiger partial charge in [-0.15, -0.1) is 0 Å². The van der Waals surface area contributed by atoms with Gasteiger partial charge < -0.3 is 20.1 Å². The van der Waals surface area contributed by atoms with E-state index < -0.39 is 5.97 Å². The Morgan fingerprint density at radius 3 is 2.68 bits per heavy atom. The average molecular weight is 460 g/mol. The number of hydrogen-bond acceptors (Lipinski definition) is 5. The molecule has 4 rings (SSSR count). The van der Waals surface area contributed by atoms with Gasteiger partial charge in [-0.3, -0.25) is 9.59 Å². The Morgan fingerprint density at radius 1 is 1.09 bits per heavy atom. The molecular formula is C27H29N3O4. The second kappa shape index (κ2) is 11.3. The fourth-order valence-electron chi connectivity index (χ4n) is 4.23. The molecule has 0 bridgehead atoms. The highest BCUT2D eigenvalue weighted by molar-refractivity contribution is 5.97. The number of nitrogens with one attached hydrogen (secondary N) is 1. The third-order valence-electron chi connectivity index (χ3n) is 5.92. The lowest BCUT2D eigenvalue weighted by molar-refractivity contribution is -0.137. The van der Waals surface area contributed by atoms with Gasteiger partial charge in [-0.25, -0.2) is 4.98 Å². The zero-order chi connectivity index (χ0) is 23.8. The minimum Gasteiger partial charge on any atom is -0.482 e. The molecule has 1 aromatic heterocycles. The Bertz CT molecular complexity index is 1110. The lowest BCUT2D eigenvalue weighted by Crippen LogP contribution is -2.39. The van der Waals surface area contributed by atoms with Crippen LogP contribution in [0.1, 0.15) is 36.3 Å². The summed E-state index contributed by atoms with van der Waals surface area (Å²) in [6.45, 7) is 1.41. The van der Waals surface area contributed by atoms with Gasteiger partial charge >= 0.3 is 5.97 Å². The first-order valence-corrected chi connectivity index (χ1v) is 11.6. The number of carbonyl (C=O) groups excluding carboxylic acids is 1. The number of hydrogen-bond donors (Lipinski definition) is 2. The second-order valence-corrected chi connectivity index (χ2v) is 8.39. The largest absolute Gasteiger partial charge is 0.482 e. The van der Waals surface area contributed by atoms with Gasteiger partial charge in [0.05, 0.1) is 12.1 Å². The molecule has 0 spiro atoms. The minimum atomic E-state index is -0.822. The van der Waals surface area contributed by atoms with E-state index in [0.717, 1.165) is 42.0 Å². The maximum absolute atomic E-state index is 12.5. The molecule has 0 saturated heterocycles. The first kappa shape index (κ1) is 23.3. The molecule has 2 aromatic carbocycles. The summed E-state index contributed by atoms with van der Waals surface area (Å²) in [5, 5.41) is 12.7. The molecule has 34 heavy (non-hydrogen) atoms. The predicted octanol–water partition coefficient (Wildman–Crippen LogP) is 4.50. The van der Waals surface area contributed by atoms with Crippen LogP contribution in [0.25, 0.3) is 0 Å². The van der Waals surface area contributed by atoms with Crippen molar-refractivity contribution >= 4 is 23.4 Å². The van der Waals surface area contributed by atoms with Crippen LogP contribution in [-0.2, 0) is 16.0 Å². The van der Waals surface area contributed by atoms with Gasteiger partial charge in [0.25, 0.3) is 5.91 Å². The number of carbonyl (C=O) groups is 2. The predicted molar refractivity (Wildman–Crippen MR) is 131 cm³/mol. The Hall–Kier alpha value is -3.87. The Morgan fingerprint density at radius 2 is 1.91 bits per heavy atom. The molecule has 176 valence electrons. The van der Waals surface area contributed by atoms with Gasteiger partial charge in [-0.1, -0.05) is 42.5 Å². The van der Waals surface area contributed by atoms with Crippen LogP contribution < -0.4 is 15.0 Å². The van der Waals surface area contributed by atoms with E-state index >= 15 is 0 Å². The number of aromatic nitrogens is 1. The number of aliphatic carboxylic acids is 1. The number of benzene rings is 2. The summed E-state index contributed by atoms with van der Waals surface area (Å²) in [6.07, 6.45) is 4.15. The summed E-state index contributed by atoms with van der Waals surface area (Å²) in [4.78, 5) is 30.0. The Balaban J connectivity index is 1.38. The molecule has 3 aromatic rings. The number of anilines is 2. The number of carboxylic acid groups (broad SMARTS) is 1. The lowest BCUT2D eigenvalue weighted by atomic mass is 9.89. The van der Waals surface area contributed by atoms with Gasteiger partial charge in [0, 0.05) is 19.3 Å². The SMILES string of the molecule is O=C(O)CC(Cc1ccc2c(c1)OCC(=O)N2CCCCNc1ccccn1)c1ccccc1. The monoisotopic (exact) mass is 459 g/mol. The van der Waals surface area contributed by atoms with Crippen molar-refractivity contribution < 1.29 is 19.4 Å². The highest BCUT2D eigenvalue weighted by Gasteiger charge is 2.26. The summed E-state index contributed by atoms with van der Waals surface area (Å²) < 4.78 is 5.73. The van der Waals surface area contributed by atoms with Crippen LogP contribution in [-0.4, -0.2) is 41.7 Å². The molecule has 1 unspecified atom stereocenters. The molecule has 2 N–H and O–H groups in total. The highest BCUT2D eigenvalue weighted by atomic mass is 16.5. The van der Waals surface area contributed by atoms with Crippen molar-refractivity contribution in [3.8, 4) is 5.75 Å². The number of carboxylic acids is 1. The van der Waals surface area contributed by atoms with E-state index in [2.05, 4.69) is 10.3 Å². The summed E-state index contributed by atoms with van der Waals surface area (Å²) in [5.41, 5.74) is 2.76. The van der Waals surface area contributed by atoms with Crippen LogP contribution in [0.15, 0.2) is 72.9 Å². The highest BCUT2D eigenvalue weighted by Crippen LogP contribution is 2.35. The van der Waals surface area contributed by atoms with Crippen LogP contribution >= 0.6 is 0 Å². The number of ether oxygens (including phenoxy) is 1. The second-order valence-electron chi connectivity index (χ2n) is 8.39. The van der Waals surface area contributed by atoms with E-state index in [4.69, 9.17) is 4.74 Å². The van der Waals surface area contributed by atoms with E-state index in [1.165, 1.54) is 0 Å². The van der Waals surface area contributed by atoms with Gasteiger partial charge in [0.2, 0.25) is 0 Å². The number of rotatable bonds is 11. The quantitative estimate of drug-likeness (QED) is 0.410. The van der Waals surface area contributed by atoms with Crippen molar-refractivity contribution in [3.05, 3.63) is 84.1 Å². The van der Waals surface area contributed by atoms with E-state index in [-0.39, 0.29) is 24.9 Å². The van der Waals surface area contributed by atoms with E-state index in [0.29, 0.717) is 18.7 Å². The molecule has 0 fully saturated rings. The lowest BCUT2D eigenvalue weighted by Gasteiger charge is -2.30. The van der Waals surface area contributed by atoms with Crippen molar-refractivity contribution in [3.63, 3.8) is 0 Å². The molecular weight excluding hydrogens is 430 g/mol. The van der Waals surface area contributed by atoms with Crippen molar-refractivity contribution in [2.45, 2.75) is 31.6 Å². The maximum Gasteiger partial charge on any atom is 0.303 e. The Labute approximate surface area is 199 Å². The number of pyridine rings is 1. The molecule has 2 heterocycles. The van der Waals surface area contributed by atoms with Gasteiger partial charge in [-0.2, -0.15) is 0 Å². The molecule has 1 amide bonds. The van der Waals surface area contributed by atoms with Crippen LogP contribution in [0.4, 0.5) is 11.5 Å². The van der Waals surface area contributed by atoms with Crippen molar-refractivity contribution in [2.24, 2.45) is 0 Å². The zero-order valence-electron chi connectivity index (χ0n) is 19.0. The summed E-state index contributed by atoms with van der Waals surface area (Å²) in [5.74, 6) is 0.512. The van der Waals surface area contributed by atoms with Gasteiger partial charge in [0.1, 0.15) is 11.6 Å². The molecule has 0 radical (unpaired) electrons. The topological polar surface area (TPSA) is 91.8 Å². The van der Waals surface area contributed by atoms with Gasteiger partial charge in [-0.05, 0) is 60.6 Å². The smallest absolute Gasteiger partial charge is 0.303 e. The van der Waals surface area contributed by atoms with E-state index in [1.807, 2.05) is 66.7 Å². The molecule has 7 heteroatoms. The molecule has 1 aliphatic rings. The molecule has 1 aliphatic heterocycles. The van der Waals surface area contributed by atoms with Crippen molar-refractivity contribution in [2.75, 3.05) is 29.9 Å². The number of nitrogens with zero attached hydrogens (tertiary/aromatic N) is 2. The first-order chi connectivity index (χ1) is 16.6. The van der Waals surface area contributed by atoms with Crippen LogP contribution in [0.5, 0.6) is 5.75 Å². The fraction of sp³-hybridized carbons (Fsp3) is 0.296. The molecule has 0 aliphatic carbocycles. The number of unbranched alkanes of at least 4 members (excludes halogenated alkanes) is 1. The maximum atomic E-state index is 12.5. The Kier molecular flexibility index (Phi) is 7.75. The minimum absolute atomic E-state index is 0.0138. The average Bonchev–Trinajstić information content (AvgIpc) is 2.85. The van der Waals surface area contributed by atoms with Crippen molar-refractivity contribution in [1.29, 1.82) is 0 Å². The normalized spacial score (nSPS) is 13.6. The standard InChI is InChI=1S/C27H29N3O4/c31-26-19-34-24-17-20(16-22(18-27(32)33)21-8-2-1-3-9-21)11-12-23(24)30(26)15-7-6-14-29-25-10-4-5-13-28-25/h1-5,8-13,17,22H,6-7,14-16,18-19H2,(H,28,29)(H,32,33). The third-order valence-corrected chi connectivity index (χ3v) is 5.92. The van der Waals surface area contributed by atoms with Crippen LogP contribution in [0.2, 0.25) is 0 Å². The molecule has 1 atom stereocenters.